The Bertz CT molecular complexity index is 807. The van der Waals surface area contributed by atoms with E-state index in [-0.39, 0.29) is 24.0 Å². The molecule has 7 heteroatoms. The number of nitro groups is 1. The van der Waals surface area contributed by atoms with E-state index in [1.807, 2.05) is 24.3 Å². The second kappa shape index (κ2) is 8.53. The van der Waals surface area contributed by atoms with Gasteiger partial charge in [-0.25, -0.2) is 0 Å². The number of ether oxygens (including phenoxy) is 1. The van der Waals surface area contributed by atoms with Gasteiger partial charge in [0.25, 0.3) is 5.91 Å². The summed E-state index contributed by atoms with van der Waals surface area (Å²) in [4.78, 5) is 24.9. The van der Waals surface area contributed by atoms with Gasteiger partial charge in [-0.05, 0) is 56.5 Å². The second-order valence-electron chi connectivity index (χ2n) is 6.65. The van der Waals surface area contributed by atoms with E-state index in [1.165, 1.54) is 31.4 Å². The SMILES string of the molecule is C[C@H]1CCCCN1c1ccc(NC(=O)COc2ccccc2[N+](=O)[O-])cc1. The quantitative estimate of drug-likeness (QED) is 0.615. The van der Waals surface area contributed by atoms with Crippen molar-refractivity contribution in [2.75, 3.05) is 23.4 Å². The zero-order valence-electron chi connectivity index (χ0n) is 15.3. The highest BCUT2D eigenvalue weighted by Gasteiger charge is 2.18. The van der Waals surface area contributed by atoms with Crippen LogP contribution in [0, 0.1) is 10.1 Å². The summed E-state index contributed by atoms with van der Waals surface area (Å²) >= 11 is 0. The van der Waals surface area contributed by atoms with Gasteiger partial charge in [-0.3, -0.25) is 14.9 Å². The van der Waals surface area contributed by atoms with Gasteiger partial charge >= 0.3 is 5.69 Å². The van der Waals surface area contributed by atoms with E-state index in [9.17, 15) is 14.9 Å². The van der Waals surface area contributed by atoms with Crippen LogP contribution in [0.5, 0.6) is 5.75 Å². The second-order valence-corrected chi connectivity index (χ2v) is 6.65. The van der Waals surface area contributed by atoms with Gasteiger partial charge in [-0.2, -0.15) is 0 Å². The first-order valence-corrected chi connectivity index (χ1v) is 9.07. The van der Waals surface area contributed by atoms with Crippen molar-refractivity contribution in [3.63, 3.8) is 0 Å². The van der Waals surface area contributed by atoms with Crippen molar-refractivity contribution in [1.29, 1.82) is 0 Å². The van der Waals surface area contributed by atoms with Crippen LogP contribution in [0.25, 0.3) is 0 Å². The molecule has 1 aliphatic rings. The molecule has 27 heavy (non-hydrogen) atoms. The average Bonchev–Trinajstić information content (AvgIpc) is 2.68. The highest BCUT2D eigenvalue weighted by molar-refractivity contribution is 5.92. The summed E-state index contributed by atoms with van der Waals surface area (Å²) in [5.41, 5.74) is 1.65. The van der Waals surface area contributed by atoms with E-state index < -0.39 is 4.92 Å². The number of rotatable bonds is 6. The van der Waals surface area contributed by atoms with Gasteiger partial charge in [-0.15, -0.1) is 0 Å². The van der Waals surface area contributed by atoms with Crippen LogP contribution in [0.15, 0.2) is 48.5 Å². The van der Waals surface area contributed by atoms with Crippen molar-refractivity contribution in [2.24, 2.45) is 0 Å². The zero-order valence-corrected chi connectivity index (χ0v) is 15.3. The van der Waals surface area contributed by atoms with Crippen LogP contribution < -0.4 is 15.0 Å². The molecule has 142 valence electrons. The number of nitrogens with one attached hydrogen (secondary N) is 1. The first-order chi connectivity index (χ1) is 13.0. The minimum atomic E-state index is -0.534. The van der Waals surface area contributed by atoms with E-state index >= 15 is 0 Å². The van der Waals surface area contributed by atoms with Crippen LogP contribution in [0.4, 0.5) is 17.1 Å². The van der Waals surface area contributed by atoms with Gasteiger partial charge in [0.15, 0.2) is 12.4 Å². The number of nitrogens with zero attached hydrogens (tertiary/aromatic N) is 2. The minimum absolute atomic E-state index is 0.0760. The normalized spacial score (nSPS) is 16.6. The maximum Gasteiger partial charge on any atom is 0.310 e. The number of anilines is 2. The van der Waals surface area contributed by atoms with Crippen LogP contribution in [0.2, 0.25) is 0 Å². The molecule has 1 saturated heterocycles. The third-order valence-corrected chi connectivity index (χ3v) is 4.71. The molecule has 0 spiro atoms. The molecule has 1 aliphatic heterocycles. The van der Waals surface area contributed by atoms with Crippen molar-refractivity contribution in [3.05, 3.63) is 58.6 Å². The van der Waals surface area contributed by atoms with E-state index in [4.69, 9.17) is 4.74 Å². The molecular formula is C20H23N3O4. The average molecular weight is 369 g/mol. The number of para-hydroxylation sites is 2. The summed E-state index contributed by atoms with van der Waals surface area (Å²) in [6.07, 6.45) is 3.67. The third-order valence-electron chi connectivity index (χ3n) is 4.71. The predicted octanol–water partition coefficient (Wildman–Crippen LogP) is 3.99. The molecule has 1 atom stereocenters. The maximum atomic E-state index is 12.1. The van der Waals surface area contributed by atoms with Crippen molar-refractivity contribution >= 4 is 23.0 Å². The Morgan fingerprint density at radius 1 is 1.22 bits per heavy atom. The van der Waals surface area contributed by atoms with Gasteiger partial charge in [0, 0.05) is 30.0 Å². The lowest BCUT2D eigenvalue weighted by atomic mass is 10.0. The Kier molecular flexibility index (Phi) is 5.90. The molecule has 1 N–H and O–H groups in total. The zero-order chi connectivity index (χ0) is 19.2. The number of carbonyl (C=O) groups is 1. The fraction of sp³-hybridized carbons (Fsp3) is 0.350. The third kappa shape index (κ3) is 4.75. The molecule has 2 aromatic rings. The molecule has 0 saturated carbocycles. The molecule has 3 rings (SSSR count). The van der Waals surface area contributed by atoms with Crippen molar-refractivity contribution in [2.45, 2.75) is 32.2 Å². The van der Waals surface area contributed by atoms with Gasteiger partial charge in [0.2, 0.25) is 0 Å². The number of amides is 1. The van der Waals surface area contributed by atoms with Gasteiger partial charge < -0.3 is 15.0 Å². The van der Waals surface area contributed by atoms with E-state index in [0.717, 1.165) is 12.2 Å². The Morgan fingerprint density at radius 3 is 2.67 bits per heavy atom. The predicted molar refractivity (Wildman–Crippen MR) is 104 cm³/mol. The van der Waals surface area contributed by atoms with Crippen LogP contribution in [-0.4, -0.2) is 30.0 Å². The van der Waals surface area contributed by atoms with Crippen LogP contribution in [-0.2, 0) is 4.79 Å². The van der Waals surface area contributed by atoms with Crippen molar-refractivity contribution in [3.8, 4) is 5.75 Å². The molecule has 2 aromatic carbocycles. The summed E-state index contributed by atoms with van der Waals surface area (Å²) in [7, 11) is 0. The lowest BCUT2D eigenvalue weighted by molar-refractivity contribution is -0.385. The molecule has 1 heterocycles. The van der Waals surface area contributed by atoms with E-state index in [1.54, 1.807) is 12.1 Å². The van der Waals surface area contributed by atoms with Gasteiger partial charge in [-0.1, -0.05) is 12.1 Å². The Balaban J connectivity index is 1.56. The summed E-state index contributed by atoms with van der Waals surface area (Å²) < 4.78 is 5.30. The first kappa shape index (κ1) is 18.7. The highest BCUT2D eigenvalue weighted by Crippen LogP contribution is 2.27. The van der Waals surface area contributed by atoms with Crippen molar-refractivity contribution in [1.82, 2.24) is 0 Å². The number of piperidine rings is 1. The number of nitro benzene ring substituents is 1. The highest BCUT2D eigenvalue weighted by atomic mass is 16.6. The molecule has 1 fully saturated rings. The fourth-order valence-electron chi connectivity index (χ4n) is 3.29. The van der Waals surface area contributed by atoms with Gasteiger partial charge in [0.05, 0.1) is 4.92 Å². The van der Waals surface area contributed by atoms with Crippen molar-refractivity contribution < 1.29 is 14.5 Å². The first-order valence-electron chi connectivity index (χ1n) is 9.07. The lowest BCUT2D eigenvalue weighted by Crippen LogP contribution is -2.37. The van der Waals surface area contributed by atoms with Gasteiger partial charge in [0.1, 0.15) is 0 Å². The minimum Gasteiger partial charge on any atom is -0.477 e. The largest absolute Gasteiger partial charge is 0.477 e. The Morgan fingerprint density at radius 2 is 1.96 bits per heavy atom. The molecule has 1 amide bonds. The summed E-state index contributed by atoms with van der Waals surface area (Å²) in [6.45, 7) is 2.99. The Hall–Kier alpha value is -3.09. The number of hydrogen-bond donors (Lipinski definition) is 1. The van der Waals surface area contributed by atoms with Crippen LogP contribution in [0.1, 0.15) is 26.2 Å². The molecule has 7 nitrogen and oxygen atoms in total. The number of carbonyl (C=O) groups excluding carboxylic acids is 1. The summed E-state index contributed by atoms with van der Waals surface area (Å²) in [6, 6.07) is 14.2. The molecule has 0 aliphatic carbocycles. The maximum absolute atomic E-state index is 12.1. The number of benzene rings is 2. The summed E-state index contributed by atoms with van der Waals surface area (Å²) in [5, 5.41) is 13.7. The molecule has 0 unspecified atom stereocenters. The Labute approximate surface area is 158 Å². The van der Waals surface area contributed by atoms with Crippen LogP contribution in [0.3, 0.4) is 0 Å². The molecule has 0 bridgehead atoms. The topological polar surface area (TPSA) is 84.7 Å². The smallest absolute Gasteiger partial charge is 0.310 e. The molecule has 0 aromatic heterocycles. The lowest BCUT2D eigenvalue weighted by Gasteiger charge is -2.35. The van der Waals surface area contributed by atoms with E-state index in [0.29, 0.717) is 11.7 Å². The summed E-state index contributed by atoms with van der Waals surface area (Å²) in [5.74, 6) is -0.292. The monoisotopic (exact) mass is 369 g/mol. The standard InChI is InChI=1S/C20H23N3O4/c1-15-6-4-5-13-22(15)17-11-9-16(10-12-17)21-20(24)14-27-19-8-3-2-7-18(19)23(25)26/h2-3,7-12,15H,4-6,13-14H2,1H3,(H,21,24)/t15-/m0/s1. The van der Waals surface area contributed by atoms with E-state index in [2.05, 4.69) is 17.1 Å². The molecular weight excluding hydrogens is 346 g/mol. The van der Waals surface area contributed by atoms with Crippen LogP contribution >= 0.6 is 0 Å². The number of hydrogen-bond acceptors (Lipinski definition) is 5. The molecule has 0 radical (unpaired) electrons. The fourth-order valence-corrected chi connectivity index (χ4v) is 3.29.